The number of hydrogen-bond acceptors (Lipinski definition) is 3. The molecule has 1 atom stereocenters. The van der Waals surface area contributed by atoms with Crippen LogP contribution in [0.15, 0.2) is 24.3 Å². The fourth-order valence-corrected chi connectivity index (χ4v) is 1.78. The molecule has 0 unspecified atom stereocenters. The summed E-state index contributed by atoms with van der Waals surface area (Å²) in [5.41, 5.74) is 0.978. The van der Waals surface area contributed by atoms with Gasteiger partial charge in [0.1, 0.15) is 0 Å². The van der Waals surface area contributed by atoms with Crippen LogP contribution in [0.5, 0.6) is 0 Å². The molecule has 1 N–H and O–H groups in total. The van der Waals surface area contributed by atoms with E-state index < -0.39 is 0 Å². The predicted molar refractivity (Wildman–Crippen MR) is 69.1 cm³/mol. The molecule has 94 valence electrons. The van der Waals surface area contributed by atoms with E-state index in [1.54, 1.807) is 0 Å². The van der Waals surface area contributed by atoms with Crippen molar-refractivity contribution in [3.05, 3.63) is 34.9 Å². The lowest BCUT2D eigenvalue weighted by atomic mass is 10.1. The minimum atomic E-state index is -0.251. The van der Waals surface area contributed by atoms with Crippen molar-refractivity contribution in [1.82, 2.24) is 5.32 Å². The maximum absolute atomic E-state index is 11.4. The summed E-state index contributed by atoms with van der Waals surface area (Å²) in [7, 11) is 0. The Kier molecular flexibility index (Phi) is 5.45. The maximum atomic E-state index is 11.4. The fourth-order valence-electron chi connectivity index (χ4n) is 1.48. The Morgan fingerprint density at radius 2 is 2.00 bits per heavy atom. The van der Waals surface area contributed by atoms with Crippen LogP contribution < -0.4 is 5.32 Å². The summed E-state index contributed by atoms with van der Waals surface area (Å²) in [4.78, 5) is 11.4. The van der Waals surface area contributed by atoms with Crippen LogP contribution in [0, 0.1) is 0 Å². The summed E-state index contributed by atoms with van der Waals surface area (Å²) < 4.78 is 5.03. The second-order valence-corrected chi connectivity index (χ2v) is 4.57. The number of carbonyl (C=O) groups excluding carboxylic acids is 1. The van der Waals surface area contributed by atoms with Crippen molar-refractivity contribution in [2.45, 2.75) is 32.9 Å². The first-order valence-corrected chi connectivity index (χ1v) is 6.05. The molecule has 1 rings (SSSR count). The molecule has 4 heteroatoms. The van der Waals surface area contributed by atoms with E-state index in [1.807, 2.05) is 45.0 Å². The number of carbonyl (C=O) groups is 1. The Morgan fingerprint density at radius 3 is 2.59 bits per heavy atom. The van der Waals surface area contributed by atoms with Crippen LogP contribution in [-0.2, 0) is 9.53 Å². The molecule has 0 heterocycles. The van der Waals surface area contributed by atoms with E-state index in [4.69, 9.17) is 16.3 Å². The molecule has 0 spiro atoms. The van der Waals surface area contributed by atoms with Crippen LogP contribution in [0.25, 0.3) is 0 Å². The van der Waals surface area contributed by atoms with E-state index in [1.165, 1.54) is 0 Å². The normalized spacial score (nSPS) is 12.5. The molecule has 17 heavy (non-hydrogen) atoms. The zero-order valence-electron chi connectivity index (χ0n) is 10.4. The first-order valence-electron chi connectivity index (χ1n) is 5.68. The number of benzene rings is 1. The van der Waals surface area contributed by atoms with Gasteiger partial charge in [-0.15, -0.1) is 0 Å². The lowest BCUT2D eigenvalue weighted by Crippen LogP contribution is -2.28. The van der Waals surface area contributed by atoms with Crippen LogP contribution in [0.3, 0.4) is 0 Å². The van der Waals surface area contributed by atoms with Crippen LogP contribution in [0.2, 0.25) is 5.02 Å². The molecule has 1 aromatic rings. The van der Waals surface area contributed by atoms with E-state index in [9.17, 15) is 4.79 Å². The van der Waals surface area contributed by atoms with Gasteiger partial charge in [0, 0.05) is 11.1 Å². The SMILES string of the molecule is CC(C)OC(=O)CN[C@@H](C)c1ccccc1Cl. The Labute approximate surface area is 107 Å². The van der Waals surface area contributed by atoms with Crippen molar-refractivity contribution in [2.75, 3.05) is 6.54 Å². The molecule has 0 aliphatic carbocycles. The van der Waals surface area contributed by atoms with Gasteiger partial charge in [0.25, 0.3) is 0 Å². The number of ether oxygens (including phenoxy) is 1. The van der Waals surface area contributed by atoms with Crippen molar-refractivity contribution in [1.29, 1.82) is 0 Å². The highest BCUT2D eigenvalue weighted by Crippen LogP contribution is 2.21. The minimum absolute atomic E-state index is 0.0170. The summed E-state index contributed by atoms with van der Waals surface area (Å²) in [6.07, 6.45) is -0.0834. The van der Waals surface area contributed by atoms with E-state index in [0.717, 1.165) is 5.56 Å². The maximum Gasteiger partial charge on any atom is 0.320 e. The van der Waals surface area contributed by atoms with Crippen molar-refractivity contribution < 1.29 is 9.53 Å². The van der Waals surface area contributed by atoms with Crippen molar-refractivity contribution in [3.63, 3.8) is 0 Å². The molecule has 0 aliphatic rings. The summed E-state index contributed by atoms with van der Waals surface area (Å²) in [5.74, 6) is -0.251. The lowest BCUT2D eigenvalue weighted by molar-refractivity contribution is -0.146. The summed E-state index contributed by atoms with van der Waals surface area (Å²) in [6, 6.07) is 7.59. The molecular formula is C13H18ClNO2. The molecule has 0 bridgehead atoms. The Balaban J connectivity index is 2.48. The minimum Gasteiger partial charge on any atom is -0.462 e. The predicted octanol–water partition coefficient (Wildman–Crippen LogP) is 2.94. The molecule has 0 saturated heterocycles. The molecule has 0 radical (unpaired) electrons. The van der Waals surface area contributed by atoms with Gasteiger partial charge in [0.15, 0.2) is 0 Å². The van der Waals surface area contributed by atoms with Crippen LogP contribution in [-0.4, -0.2) is 18.6 Å². The number of halogens is 1. The fraction of sp³-hybridized carbons (Fsp3) is 0.462. The second kappa shape index (κ2) is 6.62. The quantitative estimate of drug-likeness (QED) is 0.822. The lowest BCUT2D eigenvalue weighted by Gasteiger charge is -2.15. The number of nitrogens with one attached hydrogen (secondary N) is 1. The first-order chi connectivity index (χ1) is 8.00. The summed E-state index contributed by atoms with van der Waals surface area (Å²) in [5, 5.41) is 3.78. The summed E-state index contributed by atoms with van der Waals surface area (Å²) >= 11 is 6.06. The summed E-state index contributed by atoms with van der Waals surface area (Å²) in [6.45, 7) is 5.80. The topological polar surface area (TPSA) is 38.3 Å². The number of esters is 1. The first kappa shape index (κ1) is 14.0. The zero-order chi connectivity index (χ0) is 12.8. The van der Waals surface area contributed by atoms with E-state index >= 15 is 0 Å². The molecule has 0 saturated carbocycles. The highest BCUT2D eigenvalue weighted by Gasteiger charge is 2.11. The van der Waals surface area contributed by atoms with Gasteiger partial charge in [-0.05, 0) is 32.4 Å². The smallest absolute Gasteiger partial charge is 0.320 e. The van der Waals surface area contributed by atoms with E-state index in [2.05, 4.69) is 5.32 Å². The highest BCUT2D eigenvalue weighted by molar-refractivity contribution is 6.31. The molecule has 3 nitrogen and oxygen atoms in total. The molecule has 1 aromatic carbocycles. The molecule has 0 aliphatic heterocycles. The number of rotatable bonds is 5. The van der Waals surface area contributed by atoms with Crippen LogP contribution in [0.1, 0.15) is 32.4 Å². The van der Waals surface area contributed by atoms with Crippen molar-refractivity contribution >= 4 is 17.6 Å². The van der Waals surface area contributed by atoms with Crippen molar-refractivity contribution in [3.8, 4) is 0 Å². The van der Waals surface area contributed by atoms with Gasteiger partial charge in [-0.2, -0.15) is 0 Å². The van der Waals surface area contributed by atoms with Gasteiger partial charge >= 0.3 is 5.97 Å². The van der Waals surface area contributed by atoms with Gasteiger partial charge in [0.2, 0.25) is 0 Å². The standard InChI is InChI=1S/C13H18ClNO2/c1-9(2)17-13(16)8-15-10(3)11-6-4-5-7-12(11)14/h4-7,9-10,15H,8H2,1-3H3/t10-/m0/s1. The highest BCUT2D eigenvalue weighted by atomic mass is 35.5. The van der Waals surface area contributed by atoms with E-state index in [-0.39, 0.29) is 24.7 Å². The average molecular weight is 256 g/mol. The second-order valence-electron chi connectivity index (χ2n) is 4.16. The molecule has 0 aromatic heterocycles. The monoisotopic (exact) mass is 255 g/mol. The van der Waals surface area contributed by atoms with Gasteiger partial charge in [-0.1, -0.05) is 29.8 Å². The van der Waals surface area contributed by atoms with Crippen molar-refractivity contribution in [2.24, 2.45) is 0 Å². The molecular weight excluding hydrogens is 238 g/mol. The molecule has 0 amide bonds. The third-order valence-corrected chi connectivity index (χ3v) is 2.64. The van der Waals surface area contributed by atoms with Gasteiger partial charge in [0.05, 0.1) is 12.6 Å². The van der Waals surface area contributed by atoms with Gasteiger partial charge < -0.3 is 10.1 Å². The van der Waals surface area contributed by atoms with E-state index in [0.29, 0.717) is 5.02 Å². The zero-order valence-corrected chi connectivity index (χ0v) is 11.1. The van der Waals surface area contributed by atoms with Gasteiger partial charge in [-0.3, -0.25) is 4.79 Å². The Morgan fingerprint density at radius 1 is 1.35 bits per heavy atom. The van der Waals surface area contributed by atoms with Crippen LogP contribution >= 0.6 is 11.6 Å². The van der Waals surface area contributed by atoms with Gasteiger partial charge in [-0.25, -0.2) is 0 Å². The third-order valence-electron chi connectivity index (χ3n) is 2.29. The Bertz CT molecular complexity index is 379. The third kappa shape index (κ3) is 4.75. The largest absolute Gasteiger partial charge is 0.462 e. The molecule has 0 fully saturated rings. The Hall–Kier alpha value is -1.06. The number of hydrogen-bond donors (Lipinski definition) is 1. The average Bonchev–Trinajstić information content (AvgIpc) is 2.25. The van der Waals surface area contributed by atoms with Crippen LogP contribution in [0.4, 0.5) is 0 Å².